The van der Waals surface area contributed by atoms with Gasteiger partial charge in [-0.05, 0) is 37.3 Å². The summed E-state index contributed by atoms with van der Waals surface area (Å²) in [6.07, 6.45) is 5.69. The summed E-state index contributed by atoms with van der Waals surface area (Å²) in [7, 11) is -3.48. The summed E-state index contributed by atoms with van der Waals surface area (Å²) >= 11 is 0. The van der Waals surface area contributed by atoms with Crippen LogP contribution in [-0.2, 0) is 19.6 Å². The van der Waals surface area contributed by atoms with Gasteiger partial charge in [-0.2, -0.15) is 4.31 Å². The van der Waals surface area contributed by atoms with E-state index in [0.29, 0.717) is 26.0 Å². The van der Waals surface area contributed by atoms with Gasteiger partial charge < -0.3 is 9.53 Å². The average molecular weight is 337 g/mol. The Morgan fingerprint density at radius 2 is 2.00 bits per heavy atom. The molecule has 0 bridgehead atoms. The van der Waals surface area contributed by atoms with Crippen molar-refractivity contribution in [3.05, 3.63) is 41.3 Å². The topological polar surface area (TPSA) is 63.7 Å². The van der Waals surface area contributed by atoms with Crippen LogP contribution < -0.4 is 0 Å². The second kappa shape index (κ2) is 8.96. The zero-order chi connectivity index (χ0) is 16.5. The van der Waals surface area contributed by atoms with E-state index in [1.54, 1.807) is 6.08 Å². The Balaban J connectivity index is 1.92. The van der Waals surface area contributed by atoms with Gasteiger partial charge in [0, 0.05) is 25.0 Å². The number of aldehydes is 1. The van der Waals surface area contributed by atoms with Crippen molar-refractivity contribution in [3.63, 3.8) is 0 Å². The Hall–Kier alpha value is -1.50. The highest BCUT2D eigenvalue weighted by Gasteiger charge is 2.33. The molecule has 0 N–H and O–H groups in total. The lowest BCUT2D eigenvalue weighted by molar-refractivity contribution is -0.108. The van der Waals surface area contributed by atoms with Crippen molar-refractivity contribution in [3.8, 4) is 0 Å². The summed E-state index contributed by atoms with van der Waals surface area (Å²) in [4.78, 5) is 10.3. The Labute approximate surface area is 138 Å². The monoisotopic (exact) mass is 337 g/mol. The van der Waals surface area contributed by atoms with Crippen molar-refractivity contribution in [2.75, 3.05) is 13.2 Å². The number of ether oxygens (including phenoxy) is 1. The normalized spacial score (nSPS) is 19.4. The number of hydrogen-bond donors (Lipinski definition) is 0. The number of carbonyl (C=O) groups excluding carboxylic acids is 1. The van der Waals surface area contributed by atoms with Crippen LogP contribution in [-0.4, -0.2) is 38.4 Å². The summed E-state index contributed by atoms with van der Waals surface area (Å²) in [6.45, 7) is 0.966. The molecule has 0 spiro atoms. The average Bonchev–Trinajstić information content (AvgIpc) is 3.03. The second-order valence-corrected chi connectivity index (χ2v) is 7.27. The molecule has 6 heteroatoms. The highest BCUT2D eigenvalue weighted by molar-refractivity contribution is 7.92. The van der Waals surface area contributed by atoms with Crippen molar-refractivity contribution in [1.82, 2.24) is 4.31 Å². The van der Waals surface area contributed by atoms with Crippen molar-refractivity contribution in [2.45, 2.75) is 38.3 Å². The van der Waals surface area contributed by atoms with Crippen molar-refractivity contribution < 1.29 is 17.9 Å². The number of hydrogen-bond acceptors (Lipinski definition) is 4. The van der Waals surface area contributed by atoms with Crippen LogP contribution in [0.1, 0.15) is 37.7 Å². The molecule has 23 heavy (non-hydrogen) atoms. The number of benzene rings is 1. The van der Waals surface area contributed by atoms with Gasteiger partial charge in [0.2, 0.25) is 10.0 Å². The smallest absolute Gasteiger partial charge is 0.238 e. The molecule has 1 fully saturated rings. The van der Waals surface area contributed by atoms with Gasteiger partial charge in [-0.15, -0.1) is 0 Å². The van der Waals surface area contributed by atoms with Gasteiger partial charge in [0.05, 0.1) is 0 Å². The predicted octanol–water partition coefficient (Wildman–Crippen LogP) is 2.79. The largest absolute Gasteiger partial charge is 0.362 e. The zero-order valence-corrected chi connectivity index (χ0v) is 14.0. The van der Waals surface area contributed by atoms with E-state index in [2.05, 4.69) is 0 Å². The summed E-state index contributed by atoms with van der Waals surface area (Å²) in [5.41, 5.74) is 0.849. The van der Waals surface area contributed by atoms with Crippen LogP contribution in [0.3, 0.4) is 0 Å². The van der Waals surface area contributed by atoms with Crippen molar-refractivity contribution >= 4 is 22.4 Å². The van der Waals surface area contributed by atoms with Crippen LogP contribution in [0, 0.1) is 0 Å². The first kappa shape index (κ1) is 17.8. The van der Waals surface area contributed by atoms with Crippen LogP contribution in [0.4, 0.5) is 0 Å². The maximum Gasteiger partial charge on any atom is 0.238 e. The number of sulfonamides is 1. The summed E-state index contributed by atoms with van der Waals surface area (Å²) < 4.78 is 32.0. The van der Waals surface area contributed by atoms with Crippen LogP contribution in [0.2, 0.25) is 0 Å². The van der Waals surface area contributed by atoms with E-state index in [1.165, 1.54) is 9.71 Å². The molecule has 1 saturated heterocycles. The molecule has 0 aromatic heterocycles. The lowest BCUT2D eigenvalue weighted by atomic mass is 10.2. The molecular formula is C17H23NO4S. The van der Waals surface area contributed by atoms with E-state index in [4.69, 9.17) is 4.74 Å². The van der Waals surface area contributed by atoms with E-state index in [-0.39, 0.29) is 0 Å². The third-order valence-corrected chi connectivity index (χ3v) is 5.29. The SMILES string of the molecule is O=CCCCCOC1CCCN1S(=O)(=O)C=Cc1ccccc1. The Kier molecular flexibility index (Phi) is 6.95. The molecule has 1 aromatic carbocycles. The van der Waals surface area contributed by atoms with Crippen LogP contribution in [0.15, 0.2) is 35.7 Å². The highest BCUT2D eigenvalue weighted by Crippen LogP contribution is 2.23. The fraction of sp³-hybridized carbons (Fsp3) is 0.471. The molecule has 0 amide bonds. The molecule has 0 saturated carbocycles. The minimum Gasteiger partial charge on any atom is -0.362 e. The van der Waals surface area contributed by atoms with Crippen molar-refractivity contribution in [1.29, 1.82) is 0 Å². The Morgan fingerprint density at radius 1 is 1.22 bits per heavy atom. The van der Waals surface area contributed by atoms with E-state index < -0.39 is 16.3 Å². The van der Waals surface area contributed by atoms with Gasteiger partial charge >= 0.3 is 0 Å². The first-order valence-electron chi connectivity index (χ1n) is 7.94. The zero-order valence-electron chi connectivity index (χ0n) is 13.1. The fourth-order valence-corrected chi connectivity index (χ4v) is 3.89. The predicted molar refractivity (Wildman–Crippen MR) is 90.0 cm³/mol. The van der Waals surface area contributed by atoms with Gasteiger partial charge in [0.15, 0.2) is 0 Å². The van der Waals surface area contributed by atoms with Gasteiger partial charge in [0.1, 0.15) is 12.5 Å². The lowest BCUT2D eigenvalue weighted by Crippen LogP contribution is -2.36. The molecule has 2 rings (SSSR count). The van der Waals surface area contributed by atoms with Gasteiger partial charge in [-0.25, -0.2) is 8.42 Å². The summed E-state index contributed by atoms with van der Waals surface area (Å²) in [5, 5.41) is 1.25. The molecule has 1 unspecified atom stereocenters. The number of unbranched alkanes of at least 4 members (excludes halogenated alkanes) is 2. The van der Waals surface area contributed by atoms with Crippen LogP contribution in [0.5, 0.6) is 0 Å². The molecule has 1 atom stereocenters. The minimum atomic E-state index is -3.48. The molecule has 1 aliphatic rings. The molecule has 1 heterocycles. The Morgan fingerprint density at radius 3 is 2.74 bits per heavy atom. The molecule has 0 radical (unpaired) electrons. The molecule has 5 nitrogen and oxygen atoms in total. The number of nitrogens with zero attached hydrogens (tertiary/aromatic N) is 1. The van der Waals surface area contributed by atoms with Gasteiger partial charge in [-0.1, -0.05) is 30.3 Å². The molecule has 0 aliphatic carbocycles. The third kappa shape index (κ3) is 5.57. The van der Waals surface area contributed by atoms with Crippen LogP contribution in [0.25, 0.3) is 6.08 Å². The quantitative estimate of drug-likeness (QED) is 0.513. The standard InChI is InChI=1S/C17H23NO4S/c19-13-5-2-6-14-22-17-10-7-12-18(17)23(20,21)15-11-16-8-3-1-4-9-16/h1,3-4,8-9,11,13,15,17H,2,5-7,10,12,14H2. The highest BCUT2D eigenvalue weighted by atomic mass is 32.2. The maximum absolute atomic E-state index is 12.5. The fourth-order valence-electron chi connectivity index (χ4n) is 2.52. The first-order valence-corrected chi connectivity index (χ1v) is 9.44. The van der Waals surface area contributed by atoms with Crippen molar-refractivity contribution in [2.24, 2.45) is 0 Å². The molecule has 126 valence electrons. The molecule has 1 aliphatic heterocycles. The van der Waals surface area contributed by atoms with E-state index in [9.17, 15) is 13.2 Å². The lowest BCUT2D eigenvalue weighted by Gasteiger charge is -2.22. The number of rotatable bonds is 9. The van der Waals surface area contributed by atoms with E-state index in [1.807, 2.05) is 30.3 Å². The summed E-state index contributed by atoms with van der Waals surface area (Å²) in [6, 6.07) is 9.34. The number of carbonyl (C=O) groups is 1. The first-order chi connectivity index (χ1) is 11.1. The molecule has 1 aromatic rings. The Bertz CT molecular complexity index is 613. The molecular weight excluding hydrogens is 314 g/mol. The van der Waals surface area contributed by atoms with E-state index >= 15 is 0 Å². The van der Waals surface area contributed by atoms with Crippen LogP contribution >= 0.6 is 0 Å². The van der Waals surface area contributed by atoms with E-state index in [0.717, 1.165) is 31.1 Å². The maximum atomic E-state index is 12.5. The van der Waals surface area contributed by atoms with Gasteiger partial charge in [-0.3, -0.25) is 0 Å². The third-order valence-electron chi connectivity index (χ3n) is 3.74. The van der Waals surface area contributed by atoms with Gasteiger partial charge in [0.25, 0.3) is 0 Å². The summed E-state index contributed by atoms with van der Waals surface area (Å²) in [5.74, 6) is 0. The second-order valence-electron chi connectivity index (χ2n) is 5.50. The minimum absolute atomic E-state index is 0.392.